The molecule has 1 aliphatic heterocycles. The van der Waals surface area contributed by atoms with Gasteiger partial charge < -0.3 is 14.7 Å². The molecule has 2 aromatic heterocycles. The van der Waals surface area contributed by atoms with Gasteiger partial charge in [0.2, 0.25) is 5.88 Å². The highest BCUT2D eigenvalue weighted by molar-refractivity contribution is 5.75. The Morgan fingerprint density at radius 2 is 1.91 bits per heavy atom. The molecule has 0 aliphatic carbocycles. The van der Waals surface area contributed by atoms with Crippen molar-refractivity contribution in [3.05, 3.63) is 42.3 Å². The van der Waals surface area contributed by atoms with Crippen LogP contribution in [0.25, 0.3) is 22.4 Å². The average Bonchev–Trinajstić information content (AvgIpc) is 3.29. The van der Waals surface area contributed by atoms with Crippen molar-refractivity contribution in [1.29, 1.82) is 0 Å². The second-order valence-corrected chi connectivity index (χ2v) is 9.28. The Hall–Kier alpha value is -3.33. The molecule has 1 saturated heterocycles. The van der Waals surface area contributed by atoms with E-state index in [9.17, 15) is 9.50 Å². The van der Waals surface area contributed by atoms with Gasteiger partial charge in [0.05, 0.1) is 19.0 Å². The highest BCUT2D eigenvalue weighted by Gasteiger charge is 2.32. The number of hydrogen-bond donors (Lipinski definition) is 1. The van der Waals surface area contributed by atoms with Crippen molar-refractivity contribution in [3.8, 4) is 34.0 Å². The number of halogens is 1. The minimum absolute atomic E-state index is 0.0986. The van der Waals surface area contributed by atoms with Gasteiger partial charge in [-0.1, -0.05) is 0 Å². The van der Waals surface area contributed by atoms with Crippen LogP contribution in [0.5, 0.6) is 11.6 Å². The summed E-state index contributed by atoms with van der Waals surface area (Å²) in [6, 6.07) is 8.23. The molecule has 1 fully saturated rings. The predicted molar refractivity (Wildman–Crippen MR) is 125 cm³/mol. The van der Waals surface area contributed by atoms with E-state index in [1.165, 1.54) is 25.4 Å². The number of rotatable bonds is 5. The van der Waals surface area contributed by atoms with E-state index in [2.05, 4.69) is 58.0 Å². The van der Waals surface area contributed by atoms with Gasteiger partial charge >= 0.3 is 0 Å². The van der Waals surface area contributed by atoms with Crippen LogP contribution in [-0.2, 0) is 0 Å². The Morgan fingerprint density at radius 3 is 2.58 bits per heavy atom. The predicted octanol–water partition coefficient (Wildman–Crippen LogP) is 3.76. The summed E-state index contributed by atoms with van der Waals surface area (Å²) < 4.78 is 20.0. The van der Waals surface area contributed by atoms with Crippen LogP contribution in [0.3, 0.4) is 0 Å². The van der Waals surface area contributed by atoms with Crippen LogP contribution in [0.4, 0.5) is 10.2 Å². The number of benzene rings is 1. The lowest BCUT2D eigenvalue weighted by Gasteiger charge is -2.36. The molecule has 0 spiro atoms. The van der Waals surface area contributed by atoms with E-state index < -0.39 is 5.82 Å². The Balaban J connectivity index is 1.54. The minimum atomic E-state index is -0.517. The lowest BCUT2D eigenvalue weighted by atomic mass is 10.0. The van der Waals surface area contributed by atoms with Crippen LogP contribution in [0.1, 0.15) is 27.2 Å². The van der Waals surface area contributed by atoms with Crippen molar-refractivity contribution in [2.45, 2.75) is 38.8 Å². The maximum Gasteiger partial charge on any atom is 0.233 e. The van der Waals surface area contributed by atoms with Crippen LogP contribution in [0.15, 0.2) is 36.5 Å². The molecule has 1 unspecified atom stereocenters. The van der Waals surface area contributed by atoms with Crippen molar-refractivity contribution in [2.75, 3.05) is 32.1 Å². The second kappa shape index (κ2) is 8.90. The molecule has 174 valence electrons. The van der Waals surface area contributed by atoms with E-state index in [1.54, 1.807) is 12.1 Å². The number of anilines is 1. The molecule has 0 radical (unpaired) electrons. The van der Waals surface area contributed by atoms with Crippen molar-refractivity contribution < 1.29 is 14.2 Å². The molecule has 0 amide bonds. The van der Waals surface area contributed by atoms with Gasteiger partial charge in [0, 0.05) is 47.4 Å². The molecule has 4 rings (SSSR count). The number of likely N-dealkylation sites (N-methyl/N-ethyl adjacent to an activating group) is 1. The number of ether oxygens (including phenoxy) is 1. The molecule has 0 bridgehead atoms. The molecule has 1 aromatic carbocycles. The van der Waals surface area contributed by atoms with Gasteiger partial charge in [0.15, 0.2) is 5.82 Å². The maximum atomic E-state index is 14.9. The summed E-state index contributed by atoms with van der Waals surface area (Å²) in [7, 11) is 3.61. The van der Waals surface area contributed by atoms with Gasteiger partial charge in [0.1, 0.15) is 11.6 Å². The van der Waals surface area contributed by atoms with Crippen molar-refractivity contribution in [2.24, 2.45) is 0 Å². The number of phenols is 1. The van der Waals surface area contributed by atoms with Crippen molar-refractivity contribution >= 4 is 5.82 Å². The quantitative estimate of drug-likeness (QED) is 0.626. The zero-order chi connectivity index (χ0) is 23.8. The molecule has 1 atom stereocenters. The first kappa shape index (κ1) is 22.8. The third-order valence-corrected chi connectivity index (χ3v) is 6.26. The number of hydrogen-bond acceptors (Lipinski definition) is 8. The summed E-state index contributed by atoms with van der Waals surface area (Å²) in [5.74, 6) is 0.415. The molecule has 33 heavy (non-hydrogen) atoms. The minimum Gasteiger partial charge on any atom is -0.507 e. The first-order chi connectivity index (χ1) is 15.7. The first-order valence-corrected chi connectivity index (χ1v) is 10.9. The summed E-state index contributed by atoms with van der Waals surface area (Å²) in [5.41, 5.74) is 1.42. The number of aromatic nitrogens is 4. The standard InChI is InChI=1S/C24H29FN6O2/c1-24(2,3)30(4)16-8-9-31(14-16)22-7-6-20(27-28-22)18-11-19(25)17(12-21(18)32)15-10-23(33-5)29-26-13-15/h6-7,10-13,16,32H,8-9,14H2,1-5H3. The highest BCUT2D eigenvalue weighted by atomic mass is 19.1. The lowest BCUT2D eigenvalue weighted by molar-refractivity contribution is 0.127. The van der Waals surface area contributed by atoms with E-state index in [1.807, 2.05) is 6.07 Å². The fraction of sp³-hybridized carbons (Fsp3) is 0.417. The zero-order valence-corrected chi connectivity index (χ0v) is 19.6. The lowest BCUT2D eigenvalue weighted by Crippen LogP contribution is -2.46. The smallest absolute Gasteiger partial charge is 0.233 e. The summed E-state index contributed by atoms with van der Waals surface area (Å²) in [6.45, 7) is 8.41. The van der Waals surface area contributed by atoms with Gasteiger partial charge in [-0.2, -0.15) is 5.10 Å². The Bertz CT molecular complexity index is 1130. The number of methoxy groups -OCH3 is 1. The number of aromatic hydroxyl groups is 1. The van der Waals surface area contributed by atoms with E-state index >= 15 is 0 Å². The molecule has 3 aromatic rings. The van der Waals surface area contributed by atoms with E-state index in [-0.39, 0.29) is 28.3 Å². The third-order valence-electron chi connectivity index (χ3n) is 6.26. The summed E-state index contributed by atoms with van der Waals surface area (Å²) in [5, 5.41) is 26.8. The van der Waals surface area contributed by atoms with Crippen LogP contribution >= 0.6 is 0 Å². The van der Waals surface area contributed by atoms with Crippen molar-refractivity contribution in [1.82, 2.24) is 25.3 Å². The Kier molecular flexibility index (Phi) is 6.16. The Labute approximate surface area is 193 Å². The first-order valence-electron chi connectivity index (χ1n) is 10.9. The van der Waals surface area contributed by atoms with Gasteiger partial charge in [0.25, 0.3) is 0 Å². The molecule has 8 nitrogen and oxygen atoms in total. The SMILES string of the molecule is COc1cc(-c2cc(O)c(-c3ccc(N4CCC(N(C)C(C)(C)C)C4)nn3)cc2F)cnn1. The monoisotopic (exact) mass is 452 g/mol. The van der Waals surface area contributed by atoms with Crippen LogP contribution in [0, 0.1) is 5.82 Å². The summed E-state index contributed by atoms with van der Waals surface area (Å²) in [6.07, 6.45) is 2.47. The molecular formula is C24H29FN6O2. The third kappa shape index (κ3) is 4.73. The van der Waals surface area contributed by atoms with E-state index in [0.29, 0.717) is 17.3 Å². The highest BCUT2D eigenvalue weighted by Crippen LogP contribution is 2.35. The normalized spacial score (nSPS) is 16.5. The summed E-state index contributed by atoms with van der Waals surface area (Å²) in [4.78, 5) is 4.60. The van der Waals surface area contributed by atoms with E-state index in [0.717, 1.165) is 25.3 Å². The van der Waals surface area contributed by atoms with Gasteiger partial charge in [-0.3, -0.25) is 4.90 Å². The summed E-state index contributed by atoms with van der Waals surface area (Å²) >= 11 is 0. The fourth-order valence-corrected chi connectivity index (χ4v) is 4.03. The van der Waals surface area contributed by atoms with Gasteiger partial charge in [-0.25, -0.2) is 4.39 Å². The van der Waals surface area contributed by atoms with Crippen LogP contribution in [-0.4, -0.2) is 69.2 Å². The van der Waals surface area contributed by atoms with Crippen LogP contribution in [0.2, 0.25) is 0 Å². The topological polar surface area (TPSA) is 87.5 Å². The molecule has 3 heterocycles. The molecule has 9 heteroatoms. The molecule has 0 saturated carbocycles. The number of nitrogens with zero attached hydrogens (tertiary/aromatic N) is 6. The average molecular weight is 453 g/mol. The molecule has 1 aliphatic rings. The molecular weight excluding hydrogens is 423 g/mol. The zero-order valence-electron chi connectivity index (χ0n) is 19.6. The fourth-order valence-electron chi connectivity index (χ4n) is 4.03. The van der Waals surface area contributed by atoms with Gasteiger partial charge in [-0.05, 0) is 58.5 Å². The van der Waals surface area contributed by atoms with Crippen molar-refractivity contribution in [3.63, 3.8) is 0 Å². The Morgan fingerprint density at radius 1 is 1.12 bits per heavy atom. The largest absolute Gasteiger partial charge is 0.507 e. The maximum absolute atomic E-state index is 14.9. The van der Waals surface area contributed by atoms with Crippen LogP contribution < -0.4 is 9.64 Å². The van der Waals surface area contributed by atoms with Gasteiger partial charge in [-0.15, -0.1) is 15.3 Å². The second-order valence-electron chi connectivity index (χ2n) is 9.28. The van der Waals surface area contributed by atoms with E-state index in [4.69, 9.17) is 4.74 Å². The molecule has 1 N–H and O–H groups in total. The number of phenolic OH excluding ortho intramolecular Hbond substituents is 1.